The molecule has 1 aromatic carbocycles. The quantitative estimate of drug-likeness (QED) is 0.715. The van der Waals surface area contributed by atoms with Gasteiger partial charge < -0.3 is 10.3 Å². The summed E-state index contributed by atoms with van der Waals surface area (Å²) in [5.74, 6) is 1.12. The van der Waals surface area contributed by atoms with Crippen molar-refractivity contribution in [2.45, 2.75) is 6.92 Å². The van der Waals surface area contributed by atoms with E-state index in [1.807, 2.05) is 42.6 Å². The number of hydrogen-bond donors (Lipinski definition) is 1. The van der Waals surface area contributed by atoms with Gasteiger partial charge in [0.05, 0.1) is 4.88 Å². The molecule has 0 atom stereocenters. The molecule has 0 saturated heterocycles. The molecule has 0 amide bonds. The minimum absolute atomic E-state index is 0.503. The number of nitrogens with two attached hydrogens (primary N) is 1. The van der Waals surface area contributed by atoms with Crippen molar-refractivity contribution >= 4 is 17.0 Å². The number of nitrogen functional groups attached to an aromatic ring is 1. The Bertz CT molecular complexity index is 673. The van der Waals surface area contributed by atoms with Gasteiger partial charge in [0, 0.05) is 11.3 Å². The highest BCUT2D eigenvalue weighted by Crippen LogP contribution is 2.28. The van der Waals surface area contributed by atoms with Crippen LogP contribution in [-0.4, -0.2) is 10.1 Å². The lowest BCUT2D eigenvalue weighted by Crippen LogP contribution is -1.88. The number of nitrogens with zero attached hydrogens (tertiary/aromatic N) is 2. The summed E-state index contributed by atoms with van der Waals surface area (Å²) >= 11 is 1.58. The van der Waals surface area contributed by atoms with Gasteiger partial charge in [-0.25, -0.2) is 0 Å². The van der Waals surface area contributed by atoms with Gasteiger partial charge >= 0.3 is 0 Å². The Morgan fingerprint density at radius 2 is 2.17 bits per heavy atom. The Morgan fingerprint density at radius 1 is 1.28 bits per heavy atom. The van der Waals surface area contributed by atoms with Gasteiger partial charge in [0.25, 0.3) is 5.89 Å². The molecule has 2 N–H and O–H groups in total. The first-order valence-corrected chi connectivity index (χ1v) is 6.36. The summed E-state index contributed by atoms with van der Waals surface area (Å²) in [7, 11) is 0. The highest BCUT2D eigenvalue weighted by molar-refractivity contribution is 7.13. The van der Waals surface area contributed by atoms with Gasteiger partial charge in [0.15, 0.2) is 0 Å². The van der Waals surface area contributed by atoms with Gasteiger partial charge in [-0.05, 0) is 36.1 Å². The topological polar surface area (TPSA) is 64.9 Å². The highest BCUT2D eigenvalue weighted by Gasteiger charge is 2.13. The molecule has 0 aliphatic heterocycles. The molecular formula is C13H11N3OS. The molecule has 0 bridgehead atoms. The van der Waals surface area contributed by atoms with Crippen molar-refractivity contribution in [3.63, 3.8) is 0 Å². The maximum atomic E-state index is 5.78. The number of thiophene rings is 1. The molecule has 90 valence electrons. The fourth-order valence-corrected chi connectivity index (χ4v) is 2.36. The predicted molar refractivity (Wildman–Crippen MR) is 72.2 cm³/mol. The summed E-state index contributed by atoms with van der Waals surface area (Å²) in [6.07, 6.45) is 0. The van der Waals surface area contributed by atoms with Crippen LogP contribution in [0.5, 0.6) is 0 Å². The molecule has 0 aliphatic carbocycles. The zero-order valence-corrected chi connectivity index (χ0v) is 10.6. The average Bonchev–Trinajstić information content (AvgIpc) is 3.00. The van der Waals surface area contributed by atoms with Gasteiger partial charge in [-0.15, -0.1) is 11.3 Å². The highest BCUT2D eigenvalue weighted by atomic mass is 32.1. The van der Waals surface area contributed by atoms with E-state index >= 15 is 0 Å². The fourth-order valence-electron chi connectivity index (χ4n) is 1.71. The van der Waals surface area contributed by atoms with Crippen molar-refractivity contribution in [2.24, 2.45) is 0 Å². The Balaban J connectivity index is 2.05. The van der Waals surface area contributed by atoms with Crippen molar-refractivity contribution < 1.29 is 4.52 Å². The molecule has 0 aliphatic rings. The Kier molecular flexibility index (Phi) is 2.60. The number of aromatic nitrogens is 2. The van der Waals surface area contributed by atoms with E-state index in [0.717, 1.165) is 16.0 Å². The van der Waals surface area contributed by atoms with Gasteiger partial charge in [-0.1, -0.05) is 17.3 Å². The Morgan fingerprint density at radius 3 is 2.94 bits per heavy atom. The zero-order chi connectivity index (χ0) is 12.5. The molecule has 3 rings (SSSR count). The summed E-state index contributed by atoms with van der Waals surface area (Å²) in [6, 6.07) is 9.57. The summed E-state index contributed by atoms with van der Waals surface area (Å²) in [5.41, 5.74) is 8.41. The molecular weight excluding hydrogens is 246 g/mol. The van der Waals surface area contributed by atoms with Crippen LogP contribution in [-0.2, 0) is 0 Å². The Labute approximate surface area is 108 Å². The third-order valence-electron chi connectivity index (χ3n) is 2.66. The van der Waals surface area contributed by atoms with Crippen LogP contribution in [0.15, 0.2) is 40.2 Å². The molecule has 0 radical (unpaired) electrons. The third kappa shape index (κ3) is 1.89. The number of benzene rings is 1. The van der Waals surface area contributed by atoms with Crippen molar-refractivity contribution in [3.05, 3.63) is 41.3 Å². The largest absolute Gasteiger partial charge is 0.399 e. The lowest BCUT2D eigenvalue weighted by molar-refractivity contribution is 0.432. The SMILES string of the molecule is Cc1ccc(N)cc1-c1nc(-c2cccs2)no1. The molecule has 4 nitrogen and oxygen atoms in total. The van der Waals surface area contributed by atoms with E-state index in [1.165, 1.54) is 0 Å². The van der Waals surface area contributed by atoms with Crippen LogP contribution in [0.2, 0.25) is 0 Å². The smallest absolute Gasteiger partial charge is 0.258 e. The van der Waals surface area contributed by atoms with Gasteiger partial charge in [-0.3, -0.25) is 0 Å². The van der Waals surface area contributed by atoms with E-state index in [2.05, 4.69) is 10.1 Å². The van der Waals surface area contributed by atoms with Crippen LogP contribution in [0.25, 0.3) is 22.2 Å². The van der Waals surface area contributed by atoms with Crippen LogP contribution in [0.4, 0.5) is 5.69 Å². The second-order valence-electron chi connectivity index (χ2n) is 3.97. The average molecular weight is 257 g/mol. The van der Waals surface area contributed by atoms with Crippen LogP contribution >= 0.6 is 11.3 Å². The lowest BCUT2D eigenvalue weighted by atomic mass is 10.1. The molecule has 0 saturated carbocycles. The number of rotatable bonds is 2. The second kappa shape index (κ2) is 4.27. The lowest BCUT2D eigenvalue weighted by Gasteiger charge is -2.01. The van der Waals surface area contributed by atoms with Gasteiger partial charge in [-0.2, -0.15) is 4.98 Å². The molecule has 2 aromatic heterocycles. The summed E-state index contributed by atoms with van der Waals surface area (Å²) in [5, 5.41) is 5.97. The third-order valence-corrected chi connectivity index (χ3v) is 3.53. The van der Waals surface area contributed by atoms with Crippen LogP contribution in [0.1, 0.15) is 5.56 Å². The van der Waals surface area contributed by atoms with Gasteiger partial charge in [0.2, 0.25) is 5.82 Å². The van der Waals surface area contributed by atoms with Crippen LogP contribution in [0.3, 0.4) is 0 Å². The first-order valence-electron chi connectivity index (χ1n) is 5.48. The molecule has 0 fully saturated rings. The van der Waals surface area contributed by atoms with Crippen molar-refractivity contribution in [1.29, 1.82) is 0 Å². The van der Waals surface area contributed by atoms with E-state index in [1.54, 1.807) is 11.3 Å². The van der Waals surface area contributed by atoms with Crippen LogP contribution < -0.4 is 5.73 Å². The first-order chi connectivity index (χ1) is 8.74. The second-order valence-corrected chi connectivity index (χ2v) is 4.92. The predicted octanol–water partition coefficient (Wildman–Crippen LogP) is 3.36. The van der Waals surface area contributed by atoms with Gasteiger partial charge in [0.1, 0.15) is 0 Å². The summed E-state index contributed by atoms with van der Waals surface area (Å²) in [6.45, 7) is 1.99. The van der Waals surface area contributed by atoms with E-state index in [-0.39, 0.29) is 0 Å². The Hall–Kier alpha value is -2.14. The molecule has 2 heterocycles. The minimum atomic E-state index is 0.503. The zero-order valence-electron chi connectivity index (χ0n) is 9.75. The molecule has 0 spiro atoms. The molecule has 3 aromatic rings. The standard InChI is InChI=1S/C13H11N3OS/c1-8-4-5-9(14)7-10(8)13-15-12(16-17-13)11-3-2-6-18-11/h2-7H,14H2,1H3. The van der Waals surface area contributed by atoms with Crippen LogP contribution in [0, 0.1) is 6.92 Å². The minimum Gasteiger partial charge on any atom is -0.399 e. The molecule has 0 unspecified atom stereocenters. The van der Waals surface area contributed by atoms with Crippen molar-refractivity contribution in [1.82, 2.24) is 10.1 Å². The number of hydrogen-bond acceptors (Lipinski definition) is 5. The fraction of sp³-hybridized carbons (Fsp3) is 0.0769. The molecule has 5 heteroatoms. The maximum absolute atomic E-state index is 5.78. The monoisotopic (exact) mass is 257 g/mol. The molecule has 18 heavy (non-hydrogen) atoms. The van der Waals surface area contributed by atoms with E-state index < -0.39 is 0 Å². The van der Waals surface area contributed by atoms with Crippen molar-refractivity contribution in [3.8, 4) is 22.2 Å². The number of aryl methyl sites for hydroxylation is 1. The number of anilines is 1. The van der Waals surface area contributed by atoms with Crippen molar-refractivity contribution in [2.75, 3.05) is 5.73 Å². The van der Waals surface area contributed by atoms with E-state index in [9.17, 15) is 0 Å². The summed E-state index contributed by atoms with van der Waals surface area (Å²) in [4.78, 5) is 5.39. The summed E-state index contributed by atoms with van der Waals surface area (Å²) < 4.78 is 5.30. The normalized spacial score (nSPS) is 10.7. The first kappa shape index (κ1) is 11.0. The van der Waals surface area contributed by atoms with E-state index in [0.29, 0.717) is 17.4 Å². The maximum Gasteiger partial charge on any atom is 0.258 e. The van der Waals surface area contributed by atoms with E-state index in [4.69, 9.17) is 10.3 Å².